The number of anilines is 1. The van der Waals surface area contributed by atoms with Gasteiger partial charge in [-0.1, -0.05) is 30.0 Å². The molecule has 1 N–H and O–H groups in total. The number of H-pyrrole nitrogens is 1. The van der Waals surface area contributed by atoms with Crippen LogP contribution in [0.2, 0.25) is 0 Å². The molecule has 2 heterocycles. The number of amides is 1. The Morgan fingerprint density at radius 1 is 1.32 bits per heavy atom. The lowest BCUT2D eigenvalue weighted by molar-refractivity contribution is -0.384. The van der Waals surface area contributed by atoms with Gasteiger partial charge < -0.3 is 4.98 Å². The molecule has 22 heavy (non-hydrogen) atoms. The summed E-state index contributed by atoms with van der Waals surface area (Å²) >= 11 is 6.40. The van der Waals surface area contributed by atoms with Gasteiger partial charge >= 0.3 is 0 Å². The normalized spacial score (nSPS) is 16.5. The van der Waals surface area contributed by atoms with Crippen LogP contribution in [0.3, 0.4) is 0 Å². The van der Waals surface area contributed by atoms with Gasteiger partial charge in [-0.25, -0.2) is 0 Å². The maximum absolute atomic E-state index is 12.5. The van der Waals surface area contributed by atoms with Crippen LogP contribution < -0.4 is 4.90 Å². The molecule has 1 aliphatic rings. The molecule has 110 valence electrons. The Bertz CT molecular complexity index is 799. The zero-order valence-electron chi connectivity index (χ0n) is 11.1. The van der Waals surface area contributed by atoms with E-state index >= 15 is 0 Å². The van der Waals surface area contributed by atoms with Crippen molar-refractivity contribution < 1.29 is 9.72 Å². The quantitative estimate of drug-likeness (QED) is 0.404. The molecule has 1 saturated heterocycles. The van der Waals surface area contributed by atoms with Crippen molar-refractivity contribution in [1.82, 2.24) is 4.98 Å². The number of thioether (sulfide) groups is 1. The number of aromatic amines is 1. The smallest absolute Gasteiger partial charge is 0.271 e. The Balaban J connectivity index is 1.95. The fourth-order valence-electron chi connectivity index (χ4n) is 2.01. The number of nitro groups is 1. The van der Waals surface area contributed by atoms with E-state index in [0.717, 1.165) is 5.69 Å². The van der Waals surface area contributed by atoms with Crippen molar-refractivity contribution in [3.05, 3.63) is 63.3 Å². The molecular formula is C14H9N3O3S2. The average Bonchev–Trinajstić information content (AvgIpc) is 3.08. The van der Waals surface area contributed by atoms with Crippen LogP contribution in [-0.4, -0.2) is 20.1 Å². The minimum atomic E-state index is -0.504. The van der Waals surface area contributed by atoms with Gasteiger partial charge in [-0.2, -0.15) is 0 Å². The average molecular weight is 331 g/mol. The Labute approximate surface area is 135 Å². The van der Waals surface area contributed by atoms with Crippen molar-refractivity contribution in [3.63, 3.8) is 0 Å². The largest absolute Gasteiger partial charge is 0.362 e. The molecule has 3 rings (SSSR count). The SMILES string of the molecule is O=C1C(=Cc2ccc[nH]2)SC(=S)N1c1cccc([N+](=O)[O-])c1. The van der Waals surface area contributed by atoms with E-state index in [1.807, 2.05) is 12.1 Å². The van der Waals surface area contributed by atoms with Crippen molar-refractivity contribution in [2.24, 2.45) is 0 Å². The lowest BCUT2D eigenvalue weighted by Gasteiger charge is -2.13. The van der Waals surface area contributed by atoms with Crippen LogP contribution in [0.25, 0.3) is 6.08 Å². The molecule has 0 saturated carbocycles. The molecule has 0 aliphatic carbocycles. The number of benzene rings is 1. The summed E-state index contributed by atoms with van der Waals surface area (Å²) in [5.41, 5.74) is 1.10. The third kappa shape index (κ3) is 2.66. The number of nitrogens with zero attached hydrogens (tertiary/aromatic N) is 2. The highest BCUT2D eigenvalue weighted by molar-refractivity contribution is 8.27. The van der Waals surface area contributed by atoms with Gasteiger partial charge in [0, 0.05) is 24.0 Å². The van der Waals surface area contributed by atoms with Gasteiger partial charge in [0.25, 0.3) is 11.6 Å². The van der Waals surface area contributed by atoms with Gasteiger partial charge in [-0.3, -0.25) is 19.8 Å². The van der Waals surface area contributed by atoms with E-state index in [1.165, 1.54) is 34.9 Å². The Morgan fingerprint density at radius 2 is 2.14 bits per heavy atom. The lowest BCUT2D eigenvalue weighted by atomic mass is 10.2. The van der Waals surface area contributed by atoms with Gasteiger partial charge in [0.05, 0.1) is 15.5 Å². The first-order chi connectivity index (χ1) is 10.6. The number of nitrogens with one attached hydrogen (secondary N) is 1. The highest BCUT2D eigenvalue weighted by Gasteiger charge is 2.33. The number of carbonyl (C=O) groups excluding carboxylic acids is 1. The van der Waals surface area contributed by atoms with Gasteiger partial charge in [0.2, 0.25) is 0 Å². The summed E-state index contributed by atoms with van der Waals surface area (Å²) < 4.78 is 0.350. The molecule has 0 spiro atoms. The highest BCUT2D eigenvalue weighted by Crippen LogP contribution is 2.36. The van der Waals surface area contributed by atoms with Crippen LogP contribution in [0.5, 0.6) is 0 Å². The number of rotatable bonds is 3. The first-order valence-electron chi connectivity index (χ1n) is 6.22. The van der Waals surface area contributed by atoms with E-state index in [4.69, 9.17) is 12.2 Å². The molecule has 0 unspecified atom stereocenters. The Morgan fingerprint density at radius 3 is 2.82 bits per heavy atom. The summed E-state index contributed by atoms with van der Waals surface area (Å²) in [5, 5.41) is 10.9. The molecule has 1 aromatic carbocycles. The van der Waals surface area contributed by atoms with Crippen molar-refractivity contribution in [2.75, 3.05) is 4.90 Å². The lowest BCUT2D eigenvalue weighted by Crippen LogP contribution is -2.27. The molecule has 1 aromatic heterocycles. The molecule has 0 atom stereocenters. The molecule has 6 nitrogen and oxygen atoms in total. The van der Waals surface area contributed by atoms with Crippen molar-refractivity contribution in [3.8, 4) is 0 Å². The van der Waals surface area contributed by atoms with Crippen LogP contribution in [0.4, 0.5) is 11.4 Å². The van der Waals surface area contributed by atoms with Gasteiger partial charge in [-0.15, -0.1) is 0 Å². The second kappa shape index (κ2) is 5.74. The number of non-ortho nitro benzene ring substituents is 1. The van der Waals surface area contributed by atoms with E-state index in [9.17, 15) is 14.9 Å². The third-order valence-corrected chi connectivity index (χ3v) is 4.30. The third-order valence-electron chi connectivity index (χ3n) is 3.00. The summed E-state index contributed by atoms with van der Waals surface area (Å²) in [6.45, 7) is 0. The second-order valence-electron chi connectivity index (χ2n) is 4.42. The predicted molar refractivity (Wildman–Crippen MR) is 89.5 cm³/mol. The molecule has 1 fully saturated rings. The fourth-order valence-corrected chi connectivity index (χ4v) is 3.30. The zero-order valence-corrected chi connectivity index (χ0v) is 12.7. The van der Waals surface area contributed by atoms with Gasteiger partial charge in [0.15, 0.2) is 4.32 Å². The summed E-state index contributed by atoms with van der Waals surface area (Å²) in [4.78, 5) is 27.6. The van der Waals surface area contributed by atoms with Gasteiger partial charge in [0.1, 0.15) is 0 Å². The van der Waals surface area contributed by atoms with E-state index in [-0.39, 0.29) is 11.6 Å². The Kier molecular flexibility index (Phi) is 3.78. The minimum absolute atomic E-state index is 0.0834. The van der Waals surface area contributed by atoms with Gasteiger partial charge in [-0.05, 0) is 24.3 Å². The summed E-state index contributed by atoms with van der Waals surface area (Å²) in [6, 6.07) is 9.52. The predicted octanol–water partition coefficient (Wildman–Crippen LogP) is 3.33. The van der Waals surface area contributed by atoms with E-state index in [2.05, 4.69) is 4.98 Å². The van der Waals surface area contributed by atoms with Crippen LogP contribution in [0.15, 0.2) is 47.5 Å². The van der Waals surface area contributed by atoms with E-state index in [1.54, 1.807) is 18.3 Å². The maximum atomic E-state index is 12.5. The molecule has 2 aromatic rings. The molecule has 8 heteroatoms. The van der Waals surface area contributed by atoms with Crippen LogP contribution >= 0.6 is 24.0 Å². The number of aromatic nitrogens is 1. The molecule has 0 radical (unpaired) electrons. The van der Waals surface area contributed by atoms with E-state index in [0.29, 0.717) is 14.9 Å². The van der Waals surface area contributed by atoms with Crippen LogP contribution in [0, 0.1) is 10.1 Å². The van der Waals surface area contributed by atoms with Crippen molar-refractivity contribution in [1.29, 1.82) is 0 Å². The Hall–Kier alpha value is -2.45. The van der Waals surface area contributed by atoms with Crippen molar-refractivity contribution in [2.45, 2.75) is 0 Å². The monoisotopic (exact) mass is 331 g/mol. The number of thiocarbonyl (C=S) groups is 1. The first-order valence-corrected chi connectivity index (χ1v) is 7.44. The first kappa shape index (κ1) is 14.5. The zero-order chi connectivity index (χ0) is 15.7. The summed E-state index contributed by atoms with van der Waals surface area (Å²) in [5.74, 6) is -0.287. The summed E-state index contributed by atoms with van der Waals surface area (Å²) in [6.07, 6.45) is 3.46. The van der Waals surface area contributed by atoms with Crippen LogP contribution in [0.1, 0.15) is 5.69 Å². The number of carbonyl (C=O) groups is 1. The molecule has 1 aliphatic heterocycles. The molecular weight excluding hydrogens is 322 g/mol. The van der Waals surface area contributed by atoms with Crippen molar-refractivity contribution >= 4 is 51.7 Å². The second-order valence-corrected chi connectivity index (χ2v) is 6.10. The fraction of sp³-hybridized carbons (Fsp3) is 0. The molecule has 0 bridgehead atoms. The maximum Gasteiger partial charge on any atom is 0.271 e. The standard InChI is InChI=1S/C14H9N3O3S2/c18-13-12(7-9-3-2-6-15-9)22-14(21)16(13)10-4-1-5-11(8-10)17(19)20/h1-8,15H. The minimum Gasteiger partial charge on any atom is -0.362 e. The number of hydrogen-bond donors (Lipinski definition) is 1. The van der Waals surface area contributed by atoms with E-state index < -0.39 is 4.92 Å². The highest BCUT2D eigenvalue weighted by atomic mass is 32.2. The molecule has 1 amide bonds. The number of hydrogen-bond acceptors (Lipinski definition) is 5. The van der Waals surface area contributed by atoms with Crippen LogP contribution in [-0.2, 0) is 4.79 Å². The summed E-state index contributed by atoms with van der Waals surface area (Å²) in [7, 11) is 0. The topological polar surface area (TPSA) is 79.2 Å². The number of nitro benzene ring substituents is 1.